The predicted octanol–water partition coefficient (Wildman–Crippen LogP) is 1.31. The number of carbonyl (C=O) groups excluding carboxylic acids is 1. The van der Waals surface area contributed by atoms with Crippen LogP contribution in [0, 0.1) is 0 Å². The first-order chi connectivity index (χ1) is 4.36. The van der Waals surface area contributed by atoms with Gasteiger partial charge in [-0.15, -0.1) is 0 Å². The first-order valence-corrected chi connectivity index (χ1v) is 4.78. The van der Waals surface area contributed by atoms with E-state index in [1.807, 2.05) is 20.8 Å². The zero-order valence-electron chi connectivity index (χ0n) is 6.77. The van der Waals surface area contributed by atoms with Gasteiger partial charge in [0.25, 0.3) is 0 Å². The molecule has 4 heteroatoms. The van der Waals surface area contributed by atoms with Crippen LogP contribution in [0.5, 0.6) is 0 Å². The first kappa shape index (κ1) is 9.98. The van der Waals surface area contributed by atoms with Gasteiger partial charge in [0.15, 0.2) is 0 Å². The van der Waals surface area contributed by atoms with E-state index in [1.165, 1.54) is 0 Å². The van der Waals surface area contributed by atoms with Gasteiger partial charge in [-0.3, -0.25) is 0 Å². The molecule has 0 saturated carbocycles. The number of halogens is 1. The van der Waals surface area contributed by atoms with Gasteiger partial charge in [0, 0.05) is 21.8 Å². The van der Waals surface area contributed by atoms with Gasteiger partial charge in [-0.2, -0.15) is 0 Å². The number of carbonyl (C=O) groups is 1. The van der Waals surface area contributed by atoms with E-state index < -0.39 is 11.0 Å². The maximum atomic E-state index is 10.3. The molecule has 0 aromatic heterocycles. The molecule has 10 heavy (non-hydrogen) atoms. The second kappa shape index (κ2) is 3.39. The summed E-state index contributed by atoms with van der Waals surface area (Å²) in [5.74, 6) is 0. The maximum Gasteiger partial charge on any atom is 0.404 e. The highest BCUT2D eigenvalue weighted by atomic mass is 35.5. The van der Waals surface area contributed by atoms with Crippen LogP contribution in [0.25, 0.3) is 0 Å². The summed E-state index contributed by atoms with van der Waals surface area (Å²) in [7, 11) is 0.997. The number of hydrogen-bond acceptors (Lipinski definition) is 2. The molecule has 1 atom stereocenters. The van der Waals surface area contributed by atoms with Crippen molar-refractivity contribution in [2.45, 2.75) is 31.9 Å². The monoisotopic (exact) mass is 180 g/mol. The van der Waals surface area contributed by atoms with E-state index in [0.717, 1.165) is 10.2 Å². The molecule has 0 aliphatic carbocycles. The second-order valence-electron chi connectivity index (χ2n) is 3.10. The molecule has 0 spiro atoms. The Morgan fingerprint density at radius 3 is 2.20 bits per heavy atom. The first-order valence-electron chi connectivity index (χ1n) is 3.24. The predicted molar refractivity (Wildman–Crippen MR) is 45.8 cm³/mol. The third kappa shape index (κ3) is 3.22. The Bertz CT molecular complexity index is 134. The molecule has 0 aromatic rings. The van der Waals surface area contributed by atoms with E-state index in [9.17, 15) is 4.79 Å². The molecule has 0 aliphatic rings. The second-order valence-corrected chi connectivity index (χ2v) is 5.14. The lowest BCUT2D eigenvalue weighted by Crippen LogP contribution is -2.30. The van der Waals surface area contributed by atoms with Crippen molar-refractivity contribution in [2.24, 2.45) is 0 Å². The third-order valence-corrected chi connectivity index (χ3v) is 3.20. The van der Waals surface area contributed by atoms with Crippen LogP contribution in [0.1, 0.15) is 20.8 Å². The fourth-order valence-corrected chi connectivity index (χ4v) is 0.641. The average Bonchev–Trinajstić information content (AvgIpc) is 1.60. The highest BCUT2D eigenvalue weighted by Crippen LogP contribution is 2.23. The molecule has 0 bridgehead atoms. The molecule has 0 aromatic carbocycles. The van der Waals surface area contributed by atoms with E-state index >= 15 is 0 Å². The van der Waals surface area contributed by atoms with Gasteiger partial charge in [-0.1, -0.05) is 6.92 Å². The zero-order valence-corrected chi connectivity index (χ0v) is 9.53. The van der Waals surface area contributed by atoms with Crippen LogP contribution < -0.4 is 0 Å². The summed E-state index contributed by atoms with van der Waals surface area (Å²) in [4.78, 5) is 10.3. The summed E-state index contributed by atoms with van der Waals surface area (Å²) in [5, 5.41) is 0. The van der Waals surface area contributed by atoms with Crippen LogP contribution in [-0.4, -0.2) is 21.3 Å². The van der Waals surface area contributed by atoms with Gasteiger partial charge in [-0.25, -0.2) is 4.79 Å². The van der Waals surface area contributed by atoms with Crippen molar-refractivity contribution < 1.29 is 9.53 Å². The topological polar surface area (TPSA) is 26.3 Å². The number of ether oxygens (including phenoxy) is 1. The van der Waals surface area contributed by atoms with Gasteiger partial charge in [0.2, 0.25) is 0 Å². The summed E-state index contributed by atoms with van der Waals surface area (Å²) < 4.78 is 4.86. The molecule has 60 valence electrons. The molecular weight excluding hydrogens is 168 g/mol. The summed E-state index contributed by atoms with van der Waals surface area (Å²) in [6.45, 7) is 5.77. The van der Waals surface area contributed by atoms with Crippen molar-refractivity contribution in [1.82, 2.24) is 0 Å². The van der Waals surface area contributed by atoms with Crippen LogP contribution in [0.4, 0.5) is 4.79 Å². The summed E-state index contributed by atoms with van der Waals surface area (Å²) in [5.41, 5.74) is -0.701. The number of hydrogen-bond donors (Lipinski definition) is 0. The van der Waals surface area contributed by atoms with Crippen LogP contribution in [0.15, 0.2) is 0 Å². The normalized spacial score (nSPS) is 14.8. The Labute approximate surface area is 69.3 Å². The van der Waals surface area contributed by atoms with E-state index in [4.69, 9.17) is 16.3 Å². The zero-order chi connectivity index (χ0) is 8.36. The van der Waals surface area contributed by atoms with E-state index in [1.54, 1.807) is 0 Å². The van der Waals surface area contributed by atoms with Crippen molar-refractivity contribution >= 4 is 27.3 Å². The lowest BCUT2D eigenvalue weighted by atomic mass is 10.1. The Morgan fingerprint density at radius 2 is 2.10 bits per heavy atom. The molecule has 0 radical (unpaired) electrons. The van der Waals surface area contributed by atoms with E-state index in [0.29, 0.717) is 5.54 Å². The van der Waals surface area contributed by atoms with Crippen molar-refractivity contribution in [3.05, 3.63) is 0 Å². The molecule has 0 heterocycles. The molecule has 0 saturated heterocycles. The smallest absolute Gasteiger partial charge is 0.404 e. The van der Waals surface area contributed by atoms with Crippen LogP contribution in [0.2, 0.25) is 5.54 Å². The molecule has 0 fully saturated rings. The minimum absolute atomic E-state index is 0.398. The summed E-state index contributed by atoms with van der Waals surface area (Å²) >= 11 is 5.06. The van der Waals surface area contributed by atoms with Crippen molar-refractivity contribution in [3.8, 4) is 0 Å². The molecule has 2 nitrogen and oxygen atoms in total. The van der Waals surface area contributed by atoms with Gasteiger partial charge in [-0.05, 0) is 19.4 Å². The van der Waals surface area contributed by atoms with Crippen molar-refractivity contribution in [2.75, 3.05) is 0 Å². The SMILES string of the molecule is CC([SiH3])C(C)(C)OC(=O)Cl. The lowest BCUT2D eigenvalue weighted by Gasteiger charge is -2.27. The van der Waals surface area contributed by atoms with E-state index in [2.05, 4.69) is 0 Å². The van der Waals surface area contributed by atoms with Gasteiger partial charge >= 0.3 is 5.43 Å². The maximum absolute atomic E-state index is 10.3. The van der Waals surface area contributed by atoms with E-state index in [-0.39, 0.29) is 0 Å². The Hall–Kier alpha value is -0.0231. The quantitative estimate of drug-likeness (QED) is 0.473. The van der Waals surface area contributed by atoms with Crippen LogP contribution in [0.3, 0.4) is 0 Å². The molecule has 1 unspecified atom stereocenters. The lowest BCUT2D eigenvalue weighted by molar-refractivity contribution is 0.0551. The minimum Gasteiger partial charge on any atom is -0.448 e. The molecule has 0 N–H and O–H groups in total. The van der Waals surface area contributed by atoms with Crippen LogP contribution >= 0.6 is 11.6 Å². The van der Waals surface area contributed by atoms with Gasteiger partial charge in [0.05, 0.1) is 0 Å². The van der Waals surface area contributed by atoms with Crippen molar-refractivity contribution in [1.29, 1.82) is 0 Å². The Kier molecular flexibility index (Phi) is 3.38. The molecule has 0 aliphatic heterocycles. The highest BCUT2D eigenvalue weighted by Gasteiger charge is 2.25. The average molecular weight is 181 g/mol. The molecule has 0 amide bonds. The molecular formula is C6H13ClO2Si. The molecule has 0 rings (SSSR count). The van der Waals surface area contributed by atoms with Crippen molar-refractivity contribution in [3.63, 3.8) is 0 Å². The largest absolute Gasteiger partial charge is 0.448 e. The number of rotatable bonds is 2. The Balaban J connectivity index is 3.99. The summed E-state index contributed by atoms with van der Waals surface area (Å²) in [6.07, 6.45) is 0. The summed E-state index contributed by atoms with van der Waals surface area (Å²) in [6, 6.07) is 0. The fraction of sp³-hybridized carbons (Fsp3) is 0.833. The van der Waals surface area contributed by atoms with Gasteiger partial charge < -0.3 is 4.74 Å². The van der Waals surface area contributed by atoms with Gasteiger partial charge in [0.1, 0.15) is 5.60 Å². The van der Waals surface area contributed by atoms with Crippen LogP contribution in [-0.2, 0) is 4.74 Å². The highest BCUT2D eigenvalue weighted by molar-refractivity contribution is 6.61. The fourth-order valence-electron chi connectivity index (χ4n) is 0.325. The standard InChI is InChI=1S/C6H13ClO2Si/c1-4(10)6(2,3)9-5(7)8/h4H,1-3,10H3. The minimum atomic E-state index is -0.715. The Morgan fingerprint density at radius 1 is 1.70 bits per heavy atom. The third-order valence-electron chi connectivity index (χ3n) is 1.73.